The lowest BCUT2D eigenvalue weighted by atomic mass is 10.0. The van der Waals surface area contributed by atoms with Crippen molar-refractivity contribution in [1.82, 2.24) is 0 Å². The Morgan fingerprint density at radius 1 is 0.576 bits per heavy atom. The van der Waals surface area contributed by atoms with E-state index < -0.39 is 11.9 Å². The fourth-order valence-corrected chi connectivity index (χ4v) is 2.88. The zero-order chi connectivity index (χ0) is 25.6. The summed E-state index contributed by atoms with van der Waals surface area (Å²) >= 11 is 0. The zero-order valence-electron chi connectivity index (χ0n) is 20.9. The Morgan fingerprint density at radius 3 is 1.09 bits per heavy atom. The van der Waals surface area contributed by atoms with Crippen LogP contribution in [0.4, 0.5) is 0 Å². The van der Waals surface area contributed by atoms with E-state index in [4.69, 9.17) is 14.9 Å². The van der Waals surface area contributed by atoms with Crippen molar-refractivity contribution in [3.8, 4) is 0 Å². The summed E-state index contributed by atoms with van der Waals surface area (Å²) in [6.45, 7) is 12.1. The van der Waals surface area contributed by atoms with Gasteiger partial charge < -0.3 is 14.9 Å². The van der Waals surface area contributed by atoms with Crippen molar-refractivity contribution in [2.75, 3.05) is 6.61 Å². The van der Waals surface area contributed by atoms with Gasteiger partial charge in [0.25, 0.3) is 0 Å². The fourth-order valence-electron chi connectivity index (χ4n) is 2.88. The summed E-state index contributed by atoms with van der Waals surface area (Å²) in [5.74, 6) is -2.26. The summed E-state index contributed by atoms with van der Waals surface area (Å²) in [6, 6.07) is 0. The molecule has 0 radical (unpaired) electrons. The maximum absolute atomic E-state index is 10.8. The second-order valence-corrected chi connectivity index (χ2v) is 7.76. The fraction of sp³-hybridized carbons (Fsp3) is 0.667. The lowest BCUT2D eigenvalue weighted by Gasteiger charge is -2.04. The monoisotopic (exact) mass is 468 g/mol. The molecule has 192 valence electrons. The van der Waals surface area contributed by atoms with E-state index in [-0.39, 0.29) is 5.97 Å². The van der Waals surface area contributed by atoms with Gasteiger partial charge in [-0.15, -0.1) is 0 Å². The minimum Gasteiger partial charge on any atom is -0.478 e. The molecule has 0 aromatic carbocycles. The molecule has 0 bridgehead atoms. The summed E-state index contributed by atoms with van der Waals surface area (Å²) in [6.07, 6.45) is 24.6. The van der Waals surface area contributed by atoms with Crippen LogP contribution >= 0.6 is 0 Å². The molecule has 0 rings (SSSR count). The Morgan fingerprint density at radius 2 is 0.848 bits per heavy atom. The maximum Gasteiger partial charge on any atom is 0.330 e. The van der Waals surface area contributed by atoms with E-state index in [1.807, 2.05) is 0 Å². The topological polar surface area (TPSA) is 101 Å². The van der Waals surface area contributed by atoms with Crippen molar-refractivity contribution < 1.29 is 29.3 Å². The van der Waals surface area contributed by atoms with Crippen LogP contribution in [0, 0.1) is 0 Å². The number of esters is 1. The molecule has 2 N–H and O–H groups in total. The van der Waals surface area contributed by atoms with Gasteiger partial charge in [0.1, 0.15) is 0 Å². The molecule has 0 saturated heterocycles. The number of rotatable bonds is 20. The lowest BCUT2D eigenvalue weighted by molar-refractivity contribution is -0.138. The molecule has 33 heavy (non-hydrogen) atoms. The first-order valence-electron chi connectivity index (χ1n) is 12.4. The van der Waals surface area contributed by atoms with Crippen LogP contribution in [0.1, 0.15) is 110 Å². The van der Waals surface area contributed by atoms with E-state index in [0.717, 1.165) is 18.6 Å². The van der Waals surface area contributed by atoms with Gasteiger partial charge in [-0.3, -0.25) is 0 Å². The smallest absolute Gasteiger partial charge is 0.330 e. The molecule has 0 aliphatic rings. The van der Waals surface area contributed by atoms with Gasteiger partial charge in [-0.25, -0.2) is 14.4 Å². The summed E-state index contributed by atoms with van der Waals surface area (Å²) in [4.78, 5) is 29.3. The van der Waals surface area contributed by atoms with Crippen LogP contribution in [0.5, 0.6) is 0 Å². The average molecular weight is 469 g/mol. The van der Waals surface area contributed by atoms with E-state index in [9.17, 15) is 14.4 Å². The van der Waals surface area contributed by atoms with Crippen molar-refractivity contribution >= 4 is 17.9 Å². The molecule has 0 aromatic rings. The number of aliphatic carboxylic acids is 2. The van der Waals surface area contributed by atoms with Gasteiger partial charge >= 0.3 is 17.9 Å². The van der Waals surface area contributed by atoms with Gasteiger partial charge in [-0.05, 0) is 6.42 Å². The van der Waals surface area contributed by atoms with Crippen LogP contribution in [0.15, 0.2) is 38.0 Å². The van der Waals surface area contributed by atoms with Crippen molar-refractivity contribution in [1.29, 1.82) is 0 Å². The zero-order valence-corrected chi connectivity index (χ0v) is 20.9. The largest absolute Gasteiger partial charge is 0.478 e. The van der Waals surface area contributed by atoms with Gasteiger partial charge in [-0.1, -0.05) is 123 Å². The highest BCUT2D eigenvalue weighted by atomic mass is 16.5. The Labute approximate surface area is 201 Å². The molecular weight excluding hydrogens is 420 g/mol. The van der Waals surface area contributed by atoms with E-state index in [0.29, 0.717) is 6.61 Å². The SMILES string of the molecule is C=CC(=O)O.C=CC(=O)O.C=CC(=O)OCCCCCCCCCCCCCCCCCC. The Balaban J connectivity index is -0.000000746. The molecule has 0 aliphatic heterocycles. The number of carbonyl (C=O) groups is 3. The Kier molecular flexibility index (Phi) is 34.0. The third-order valence-electron chi connectivity index (χ3n) is 4.76. The predicted molar refractivity (Wildman–Crippen MR) is 136 cm³/mol. The van der Waals surface area contributed by atoms with E-state index in [1.165, 1.54) is 102 Å². The maximum atomic E-state index is 10.8. The summed E-state index contributed by atoms with van der Waals surface area (Å²) in [5.41, 5.74) is 0. The molecule has 0 saturated carbocycles. The first-order valence-corrected chi connectivity index (χ1v) is 12.4. The first kappa shape index (κ1) is 35.2. The van der Waals surface area contributed by atoms with Crippen LogP contribution in [0.25, 0.3) is 0 Å². The second kappa shape index (κ2) is 31.8. The number of unbranched alkanes of at least 4 members (excludes halogenated alkanes) is 15. The molecule has 6 nitrogen and oxygen atoms in total. The van der Waals surface area contributed by atoms with Crippen LogP contribution in [-0.2, 0) is 19.1 Å². The first-order chi connectivity index (χ1) is 15.8. The quantitative estimate of drug-likeness (QED) is 0.109. The van der Waals surface area contributed by atoms with Crippen molar-refractivity contribution in [2.24, 2.45) is 0 Å². The number of carbonyl (C=O) groups excluding carboxylic acids is 1. The van der Waals surface area contributed by atoms with E-state index in [1.54, 1.807) is 0 Å². The van der Waals surface area contributed by atoms with E-state index >= 15 is 0 Å². The minimum atomic E-state index is -0.981. The third-order valence-corrected chi connectivity index (χ3v) is 4.76. The Hall–Kier alpha value is -2.37. The molecule has 0 aliphatic carbocycles. The number of ether oxygens (including phenoxy) is 1. The van der Waals surface area contributed by atoms with Crippen LogP contribution in [0.3, 0.4) is 0 Å². The highest BCUT2D eigenvalue weighted by molar-refractivity contribution is 5.81. The van der Waals surface area contributed by atoms with Crippen molar-refractivity contribution in [3.63, 3.8) is 0 Å². The lowest BCUT2D eigenvalue weighted by Crippen LogP contribution is -2.01. The van der Waals surface area contributed by atoms with Crippen LogP contribution in [0.2, 0.25) is 0 Å². The molecule has 0 amide bonds. The normalized spacial score (nSPS) is 9.36. The summed E-state index contributed by atoms with van der Waals surface area (Å²) in [7, 11) is 0. The second-order valence-electron chi connectivity index (χ2n) is 7.76. The molecular formula is C27H48O6. The molecule has 0 aromatic heterocycles. The standard InChI is InChI=1S/C21H40O2.2C3H4O2/c1-3-5-6-7-8-9-10-11-12-13-14-15-16-17-18-19-20-23-21(22)4-2;2*1-2-3(4)5/h4H,2-3,5-20H2,1H3;2*2H,1H2,(H,4,5). The van der Waals surface area contributed by atoms with Gasteiger partial charge in [0.2, 0.25) is 0 Å². The highest BCUT2D eigenvalue weighted by Crippen LogP contribution is 2.13. The molecule has 0 fully saturated rings. The van der Waals surface area contributed by atoms with Crippen molar-refractivity contribution in [3.05, 3.63) is 38.0 Å². The number of hydrogen-bond acceptors (Lipinski definition) is 4. The van der Waals surface area contributed by atoms with E-state index in [2.05, 4.69) is 26.7 Å². The molecule has 0 heterocycles. The minimum absolute atomic E-state index is 0.300. The summed E-state index contributed by atoms with van der Waals surface area (Å²) < 4.78 is 4.95. The molecule has 0 unspecified atom stereocenters. The molecule has 0 spiro atoms. The molecule has 6 heteroatoms. The average Bonchev–Trinajstić information content (AvgIpc) is 2.81. The number of carboxylic acids is 2. The van der Waals surface area contributed by atoms with Gasteiger partial charge in [-0.2, -0.15) is 0 Å². The van der Waals surface area contributed by atoms with Gasteiger partial charge in [0.05, 0.1) is 6.61 Å². The molecule has 0 atom stereocenters. The highest BCUT2D eigenvalue weighted by Gasteiger charge is 1.96. The van der Waals surface area contributed by atoms with Crippen LogP contribution in [-0.4, -0.2) is 34.7 Å². The third kappa shape index (κ3) is 44.2. The van der Waals surface area contributed by atoms with Gasteiger partial charge in [0.15, 0.2) is 0 Å². The van der Waals surface area contributed by atoms with Crippen LogP contribution < -0.4 is 0 Å². The Bertz CT molecular complexity index is 481. The predicted octanol–water partition coefficient (Wildman–Crippen LogP) is 7.49. The van der Waals surface area contributed by atoms with Gasteiger partial charge in [0, 0.05) is 18.2 Å². The van der Waals surface area contributed by atoms with Crippen molar-refractivity contribution in [2.45, 2.75) is 110 Å². The number of hydrogen-bond donors (Lipinski definition) is 2. The number of carboxylic acid groups (broad SMARTS) is 2. The summed E-state index contributed by atoms with van der Waals surface area (Å²) in [5, 5.41) is 15.2.